The van der Waals surface area contributed by atoms with Crippen molar-refractivity contribution in [2.45, 2.75) is 96.7 Å². The Balaban J connectivity index is 0.865. The number of nitrogens with zero attached hydrogens (tertiary/aromatic N) is 5. The number of carbonyl (C=O) groups excluding carboxylic acids is 4. The van der Waals surface area contributed by atoms with Crippen LogP contribution in [0.5, 0.6) is 5.75 Å². The number of thiazole rings is 1. The molecular formula is C49H56F3N7O8S2. The van der Waals surface area contributed by atoms with E-state index in [1.54, 1.807) is 60.8 Å². The molecule has 2 aliphatic rings. The second-order valence-electron chi connectivity index (χ2n) is 18.3. The number of anilines is 2. The number of carbonyl (C=O) groups is 4. The number of ether oxygens (including phenoxy) is 3. The molecule has 0 bridgehead atoms. The lowest BCUT2D eigenvalue weighted by Crippen LogP contribution is -2.58. The second-order valence-corrected chi connectivity index (χ2v) is 19.5. The van der Waals surface area contributed by atoms with E-state index in [1.807, 2.05) is 45.0 Å². The van der Waals surface area contributed by atoms with Gasteiger partial charge in [-0.25, -0.2) is 0 Å². The standard InChI is InChI=1S/C49H56F3N7O8S2/c1-47(2,3)42(44(63)57-28-36(60)24-39(57)43(62)55-26-31-9-11-32(12-10-31)40-27-54-30-69-40)56-41(61)29-66-21-8-20-65-19-6-7-22-67-37-17-15-34(16-18-37)59-46(68)58(45(64)48(59,4)5)35-14-13-33(25-53)38(23-35)49(50,51)52/h9-18,23,27,30,36,39,42,60H,6-8,19-22,24,26,28-29H2,1-5H3,(H,55,62)(H,56,61)/t36-,39+,42?/m1/s1. The molecule has 1 aromatic heterocycles. The normalized spacial score (nSPS) is 17.5. The smallest absolute Gasteiger partial charge is 0.417 e. The van der Waals surface area contributed by atoms with E-state index in [0.29, 0.717) is 50.5 Å². The number of hydrogen-bond donors (Lipinski definition) is 3. The highest BCUT2D eigenvalue weighted by Gasteiger charge is 2.51. The SMILES string of the molecule is CC(C)(C)C(NC(=O)COCCCOCCCCOc1ccc(N2C(=S)N(c3ccc(C#N)c(C(F)(F)F)c3)C(=O)C2(C)C)cc1)C(=O)N1C[C@H](O)C[C@H]1C(=O)NCc1ccc(-c2cncs2)cc1. The van der Waals surface area contributed by atoms with E-state index in [4.69, 9.17) is 26.4 Å². The van der Waals surface area contributed by atoms with Crippen LogP contribution in [0.3, 0.4) is 0 Å². The Morgan fingerprint density at radius 2 is 1.64 bits per heavy atom. The highest BCUT2D eigenvalue weighted by Crippen LogP contribution is 2.40. The summed E-state index contributed by atoms with van der Waals surface area (Å²) in [6, 6.07) is 17.3. The molecule has 0 saturated carbocycles. The molecule has 2 aliphatic heterocycles. The van der Waals surface area contributed by atoms with Crippen LogP contribution in [0.2, 0.25) is 0 Å². The van der Waals surface area contributed by atoms with Crippen LogP contribution in [0, 0.1) is 16.7 Å². The monoisotopic (exact) mass is 991 g/mol. The Morgan fingerprint density at radius 1 is 0.971 bits per heavy atom. The summed E-state index contributed by atoms with van der Waals surface area (Å²) in [6.07, 6.45) is -1.89. The highest BCUT2D eigenvalue weighted by molar-refractivity contribution is 7.81. The molecule has 4 aromatic rings. The highest BCUT2D eigenvalue weighted by atomic mass is 32.1. The number of likely N-dealkylation sites (tertiary alicyclic amines) is 1. The third-order valence-electron chi connectivity index (χ3n) is 11.6. The number of amides is 4. The molecule has 3 aromatic carbocycles. The first-order valence-corrected chi connectivity index (χ1v) is 23.7. The third kappa shape index (κ3) is 13.0. The fourth-order valence-corrected chi connectivity index (χ4v) is 9.10. The summed E-state index contributed by atoms with van der Waals surface area (Å²) in [6.45, 7) is 10.1. The first-order valence-electron chi connectivity index (χ1n) is 22.4. The number of halogens is 3. The van der Waals surface area contributed by atoms with Crippen LogP contribution < -0.4 is 25.2 Å². The number of unbranched alkanes of at least 4 members (excludes halogenated alkanes) is 1. The van der Waals surface area contributed by atoms with E-state index in [1.165, 1.54) is 22.3 Å². The van der Waals surface area contributed by atoms with E-state index in [-0.39, 0.29) is 49.4 Å². The molecule has 368 valence electrons. The molecular weight excluding hydrogens is 936 g/mol. The lowest BCUT2D eigenvalue weighted by molar-refractivity contribution is -0.144. The van der Waals surface area contributed by atoms with Crippen LogP contribution in [-0.4, -0.2) is 107 Å². The van der Waals surface area contributed by atoms with Crippen molar-refractivity contribution in [1.82, 2.24) is 20.5 Å². The van der Waals surface area contributed by atoms with Crippen molar-refractivity contribution >= 4 is 63.7 Å². The number of nitrogens with one attached hydrogen (secondary N) is 2. The Kier molecular flexibility index (Phi) is 17.2. The minimum atomic E-state index is -4.80. The van der Waals surface area contributed by atoms with Gasteiger partial charge in [0.25, 0.3) is 5.91 Å². The predicted molar refractivity (Wildman–Crippen MR) is 257 cm³/mol. The molecule has 2 saturated heterocycles. The number of alkyl halides is 3. The lowest BCUT2D eigenvalue weighted by atomic mass is 9.85. The number of aliphatic hydroxyl groups is 1. The number of aliphatic hydroxyl groups excluding tert-OH is 1. The van der Waals surface area contributed by atoms with Gasteiger partial charge in [0.1, 0.15) is 30.0 Å². The molecule has 15 nitrogen and oxygen atoms in total. The Morgan fingerprint density at radius 3 is 2.29 bits per heavy atom. The van der Waals surface area contributed by atoms with E-state index in [0.717, 1.165) is 33.0 Å². The molecule has 3 N–H and O–H groups in total. The maximum Gasteiger partial charge on any atom is 0.417 e. The van der Waals surface area contributed by atoms with Gasteiger partial charge in [-0.05, 0) is 104 Å². The molecule has 0 spiro atoms. The van der Waals surface area contributed by atoms with Crippen molar-refractivity contribution in [3.8, 4) is 22.3 Å². The molecule has 0 aliphatic carbocycles. The zero-order valence-corrected chi connectivity index (χ0v) is 40.6. The van der Waals surface area contributed by atoms with Gasteiger partial charge in [0.2, 0.25) is 17.7 Å². The van der Waals surface area contributed by atoms with Gasteiger partial charge < -0.3 is 39.8 Å². The number of β-amino-alcohol motifs (C(OH)–C–C–N with tert-alkyl or cyclic N) is 1. The van der Waals surface area contributed by atoms with Gasteiger partial charge in [-0.1, -0.05) is 45.0 Å². The number of thiocarbonyl (C=S) groups is 1. The minimum absolute atomic E-state index is 0.00686. The van der Waals surface area contributed by atoms with Crippen LogP contribution in [0.25, 0.3) is 10.4 Å². The van der Waals surface area contributed by atoms with Crippen molar-refractivity contribution in [2.75, 3.05) is 49.4 Å². The molecule has 2 fully saturated rings. The molecule has 3 heterocycles. The number of nitriles is 1. The summed E-state index contributed by atoms with van der Waals surface area (Å²) in [5, 5.41) is 25.4. The summed E-state index contributed by atoms with van der Waals surface area (Å²) in [5.74, 6) is -1.30. The van der Waals surface area contributed by atoms with E-state index in [2.05, 4.69) is 15.6 Å². The van der Waals surface area contributed by atoms with Crippen molar-refractivity contribution in [3.05, 3.63) is 95.1 Å². The summed E-state index contributed by atoms with van der Waals surface area (Å²) < 4.78 is 58.3. The molecule has 0 radical (unpaired) electrons. The number of aromatic nitrogens is 1. The van der Waals surface area contributed by atoms with Gasteiger partial charge >= 0.3 is 6.18 Å². The predicted octanol–water partition coefficient (Wildman–Crippen LogP) is 7.01. The van der Waals surface area contributed by atoms with Crippen LogP contribution in [0.4, 0.5) is 24.5 Å². The number of hydrogen-bond acceptors (Lipinski definition) is 12. The third-order valence-corrected chi connectivity index (χ3v) is 12.8. The first kappa shape index (κ1) is 52.4. The maximum atomic E-state index is 13.9. The van der Waals surface area contributed by atoms with Crippen LogP contribution in [0.1, 0.15) is 77.0 Å². The van der Waals surface area contributed by atoms with Crippen LogP contribution in [0.15, 0.2) is 78.4 Å². The lowest BCUT2D eigenvalue weighted by Gasteiger charge is -2.35. The van der Waals surface area contributed by atoms with E-state index in [9.17, 15) is 42.7 Å². The summed E-state index contributed by atoms with van der Waals surface area (Å²) >= 11 is 7.15. The quantitative estimate of drug-likeness (QED) is 0.0609. The largest absolute Gasteiger partial charge is 0.494 e. The first-order chi connectivity index (χ1) is 32.7. The minimum Gasteiger partial charge on any atom is -0.494 e. The van der Waals surface area contributed by atoms with Gasteiger partial charge in [-0.15, -0.1) is 11.3 Å². The van der Waals surface area contributed by atoms with Gasteiger partial charge in [0.05, 0.1) is 46.0 Å². The van der Waals surface area contributed by atoms with Gasteiger partial charge in [-0.2, -0.15) is 18.4 Å². The average molecular weight is 992 g/mol. The molecule has 1 unspecified atom stereocenters. The Bertz CT molecular complexity index is 2490. The maximum absolute atomic E-state index is 13.9. The van der Waals surface area contributed by atoms with Crippen LogP contribution >= 0.6 is 23.6 Å². The van der Waals surface area contributed by atoms with E-state index >= 15 is 0 Å². The van der Waals surface area contributed by atoms with Crippen molar-refractivity contribution in [2.24, 2.45) is 5.41 Å². The summed E-state index contributed by atoms with van der Waals surface area (Å²) in [4.78, 5) is 62.9. The fourth-order valence-electron chi connectivity index (χ4n) is 7.95. The topological polar surface area (TPSA) is 187 Å². The Labute approximate surface area is 408 Å². The van der Waals surface area contributed by atoms with Gasteiger partial charge in [-0.3, -0.25) is 29.1 Å². The van der Waals surface area contributed by atoms with Crippen molar-refractivity contribution in [3.63, 3.8) is 0 Å². The molecule has 6 rings (SSSR count). The summed E-state index contributed by atoms with van der Waals surface area (Å²) in [7, 11) is 0. The fraction of sp³-hybridized carbons (Fsp3) is 0.449. The van der Waals surface area contributed by atoms with Gasteiger partial charge in [0, 0.05) is 51.2 Å². The zero-order chi connectivity index (χ0) is 50.1. The van der Waals surface area contributed by atoms with Crippen LogP contribution in [-0.2, 0) is 41.4 Å². The number of rotatable bonds is 20. The van der Waals surface area contributed by atoms with E-state index < -0.39 is 64.2 Å². The van der Waals surface area contributed by atoms with Gasteiger partial charge in [0.15, 0.2) is 5.11 Å². The number of benzene rings is 3. The zero-order valence-electron chi connectivity index (χ0n) is 39.0. The van der Waals surface area contributed by atoms with Crippen molar-refractivity contribution in [1.29, 1.82) is 5.26 Å². The molecule has 69 heavy (non-hydrogen) atoms. The average Bonchev–Trinajstić information content (AvgIpc) is 4.03. The Hall–Kier alpha value is -5.98. The van der Waals surface area contributed by atoms with Crippen molar-refractivity contribution < 1.29 is 51.7 Å². The molecule has 3 atom stereocenters. The second kappa shape index (κ2) is 22.6. The molecule has 20 heteroatoms. The summed E-state index contributed by atoms with van der Waals surface area (Å²) in [5.41, 5.74) is 0.451. The molecule has 4 amide bonds.